The lowest BCUT2D eigenvalue weighted by Gasteiger charge is -2.19. The lowest BCUT2D eigenvalue weighted by molar-refractivity contribution is -0.122. The molecule has 1 heterocycles. The van der Waals surface area contributed by atoms with Crippen molar-refractivity contribution in [3.8, 4) is 11.5 Å². The van der Waals surface area contributed by atoms with Gasteiger partial charge in [0.1, 0.15) is 13.2 Å². The van der Waals surface area contributed by atoms with Gasteiger partial charge in [-0.1, -0.05) is 13.0 Å². The van der Waals surface area contributed by atoms with Gasteiger partial charge >= 0.3 is 0 Å². The molecule has 0 spiro atoms. The van der Waals surface area contributed by atoms with Gasteiger partial charge in [0, 0.05) is 18.5 Å². The fraction of sp³-hybridized carbons (Fsp3) is 0.588. The SMILES string of the molecule is CCN[C@H](C)CNC(=O)C1CC1c1ccc2c(c1)OCCO2. The highest BCUT2D eigenvalue weighted by atomic mass is 16.6. The van der Waals surface area contributed by atoms with E-state index < -0.39 is 0 Å². The fourth-order valence-electron chi connectivity index (χ4n) is 2.95. The molecule has 2 N–H and O–H groups in total. The quantitative estimate of drug-likeness (QED) is 0.839. The topological polar surface area (TPSA) is 59.6 Å². The van der Waals surface area contributed by atoms with Crippen LogP contribution in [0.3, 0.4) is 0 Å². The molecule has 2 unspecified atom stereocenters. The van der Waals surface area contributed by atoms with Crippen molar-refractivity contribution < 1.29 is 14.3 Å². The molecule has 1 aromatic carbocycles. The molecule has 5 heteroatoms. The molecule has 3 atom stereocenters. The average molecular weight is 304 g/mol. The second-order valence-electron chi connectivity index (χ2n) is 6.06. The van der Waals surface area contributed by atoms with Gasteiger partial charge in [-0.05, 0) is 43.5 Å². The number of benzene rings is 1. The van der Waals surface area contributed by atoms with E-state index in [0.29, 0.717) is 31.7 Å². The van der Waals surface area contributed by atoms with Crippen LogP contribution in [0.2, 0.25) is 0 Å². The van der Waals surface area contributed by atoms with Gasteiger partial charge in [-0.3, -0.25) is 4.79 Å². The van der Waals surface area contributed by atoms with Gasteiger partial charge in [0.05, 0.1) is 0 Å². The minimum absolute atomic E-state index is 0.0939. The molecule has 0 radical (unpaired) electrons. The van der Waals surface area contributed by atoms with Gasteiger partial charge in [-0.25, -0.2) is 0 Å². The highest BCUT2D eigenvalue weighted by molar-refractivity contribution is 5.83. The van der Waals surface area contributed by atoms with Gasteiger partial charge < -0.3 is 20.1 Å². The van der Waals surface area contributed by atoms with Crippen LogP contribution in [0, 0.1) is 5.92 Å². The number of fused-ring (bicyclic) bond motifs is 1. The number of amides is 1. The van der Waals surface area contributed by atoms with E-state index in [0.717, 1.165) is 24.5 Å². The number of hydrogen-bond donors (Lipinski definition) is 2. The Bertz CT molecular complexity index is 547. The molecule has 0 saturated heterocycles. The van der Waals surface area contributed by atoms with E-state index in [2.05, 4.69) is 24.5 Å². The monoisotopic (exact) mass is 304 g/mol. The first kappa shape index (κ1) is 15.2. The van der Waals surface area contributed by atoms with Crippen molar-refractivity contribution in [3.63, 3.8) is 0 Å². The maximum absolute atomic E-state index is 12.2. The minimum Gasteiger partial charge on any atom is -0.486 e. The highest BCUT2D eigenvalue weighted by Crippen LogP contribution is 2.49. The van der Waals surface area contributed by atoms with E-state index in [4.69, 9.17) is 9.47 Å². The van der Waals surface area contributed by atoms with E-state index >= 15 is 0 Å². The molecule has 0 aromatic heterocycles. The van der Waals surface area contributed by atoms with Crippen LogP contribution in [0.1, 0.15) is 31.7 Å². The molecule has 1 aromatic rings. The normalized spacial score (nSPS) is 23.7. The zero-order chi connectivity index (χ0) is 15.5. The summed E-state index contributed by atoms with van der Waals surface area (Å²) in [5.41, 5.74) is 1.17. The number of ether oxygens (including phenoxy) is 2. The van der Waals surface area contributed by atoms with Crippen LogP contribution in [0.4, 0.5) is 0 Å². The Kier molecular flexibility index (Phi) is 4.52. The summed E-state index contributed by atoms with van der Waals surface area (Å²) < 4.78 is 11.1. The molecular weight excluding hydrogens is 280 g/mol. The molecule has 1 aliphatic carbocycles. The van der Waals surface area contributed by atoms with Gasteiger partial charge in [0.25, 0.3) is 0 Å². The molecule has 1 amide bonds. The Morgan fingerprint density at radius 2 is 2.09 bits per heavy atom. The number of hydrogen-bond acceptors (Lipinski definition) is 4. The molecular formula is C17H24N2O3. The van der Waals surface area contributed by atoms with Crippen LogP contribution in [-0.4, -0.2) is 38.3 Å². The maximum Gasteiger partial charge on any atom is 0.223 e. The van der Waals surface area contributed by atoms with E-state index in [1.165, 1.54) is 5.56 Å². The average Bonchev–Trinajstić information content (AvgIpc) is 3.33. The second kappa shape index (κ2) is 6.57. The third-order valence-corrected chi connectivity index (χ3v) is 4.26. The van der Waals surface area contributed by atoms with E-state index in [1.54, 1.807) is 0 Å². The van der Waals surface area contributed by atoms with Gasteiger partial charge in [-0.15, -0.1) is 0 Å². The molecule has 1 saturated carbocycles. The molecule has 1 aliphatic heterocycles. The van der Waals surface area contributed by atoms with Crippen LogP contribution < -0.4 is 20.1 Å². The van der Waals surface area contributed by atoms with E-state index in [1.807, 2.05) is 18.2 Å². The second-order valence-corrected chi connectivity index (χ2v) is 6.06. The number of carbonyl (C=O) groups is 1. The number of likely N-dealkylation sites (N-methyl/N-ethyl adjacent to an activating group) is 1. The minimum atomic E-state index is 0.0939. The first-order chi connectivity index (χ1) is 10.7. The van der Waals surface area contributed by atoms with Crippen molar-refractivity contribution in [2.24, 2.45) is 5.92 Å². The van der Waals surface area contributed by atoms with Crippen LogP contribution in [0.15, 0.2) is 18.2 Å². The lowest BCUT2D eigenvalue weighted by atomic mass is 10.1. The summed E-state index contributed by atoms with van der Waals surface area (Å²) in [4.78, 5) is 12.2. The number of rotatable bonds is 6. The summed E-state index contributed by atoms with van der Waals surface area (Å²) in [5, 5.41) is 6.33. The fourth-order valence-corrected chi connectivity index (χ4v) is 2.95. The first-order valence-electron chi connectivity index (χ1n) is 8.09. The number of carbonyl (C=O) groups excluding carboxylic acids is 1. The van der Waals surface area contributed by atoms with Crippen molar-refractivity contribution in [1.82, 2.24) is 10.6 Å². The Morgan fingerprint density at radius 3 is 2.86 bits per heavy atom. The summed E-state index contributed by atoms with van der Waals surface area (Å²) in [7, 11) is 0. The first-order valence-corrected chi connectivity index (χ1v) is 8.09. The summed E-state index contributed by atoms with van der Waals surface area (Å²) in [6.45, 7) is 6.93. The molecule has 0 bridgehead atoms. The summed E-state index contributed by atoms with van der Waals surface area (Å²) in [5.74, 6) is 2.16. The van der Waals surface area contributed by atoms with Crippen LogP contribution >= 0.6 is 0 Å². The van der Waals surface area contributed by atoms with Crippen molar-refractivity contribution in [2.75, 3.05) is 26.3 Å². The van der Waals surface area contributed by atoms with Crippen LogP contribution in [0.5, 0.6) is 11.5 Å². The summed E-state index contributed by atoms with van der Waals surface area (Å²) in [6.07, 6.45) is 0.918. The molecule has 3 rings (SSSR count). The predicted molar refractivity (Wildman–Crippen MR) is 84.4 cm³/mol. The predicted octanol–water partition coefficient (Wildman–Crippen LogP) is 1.68. The highest BCUT2D eigenvalue weighted by Gasteiger charge is 2.44. The van der Waals surface area contributed by atoms with E-state index in [9.17, 15) is 4.79 Å². The Labute approximate surface area is 131 Å². The summed E-state index contributed by atoms with van der Waals surface area (Å²) in [6, 6.07) is 6.32. The zero-order valence-electron chi connectivity index (χ0n) is 13.2. The Morgan fingerprint density at radius 1 is 1.32 bits per heavy atom. The molecule has 2 aliphatic rings. The molecule has 5 nitrogen and oxygen atoms in total. The number of nitrogens with one attached hydrogen (secondary N) is 2. The zero-order valence-corrected chi connectivity index (χ0v) is 13.2. The van der Waals surface area contributed by atoms with Gasteiger partial charge in [-0.2, -0.15) is 0 Å². The van der Waals surface area contributed by atoms with Crippen molar-refractivity contribution in [1.29, 1.82) is 0 Å². The van der Waals surface area contributed by atoms with Gasteiger partial charge in [0.15, 0.2) is 11.5 Å². The standard InChI is InChI=1S/C17H24N2O3/c1-3-18-11(2)10-19-17(20)14-9-13(14)12-4-5-15-16(8-12)22-7-6-21-15/h4-5,8,11,13-14,18H,3,6-7,9-10H2,1-2H3,(H,19,20)/t11-,13?,14?/m1/s1. The van der Waals surface area contributed by atoms with Gasteiger partial charge in [0.2, 0.25) is 5.91 Å². The van der Waals surface area contributed by atoms with Crippen molar-refractivity contribution in [2.45, 2.75) is 32.2 Å². The molecule has 1 fully saturated rings. The Balaban J connectivity index is 1.54. The van der Waals surface area contributed by atoms with E-state index in [-0.39, 0.29) is 11.8 Å². The maximum atomic E-state index is 12.2. The van der Waals surface area contributed by atoms with Crippen molar-refractivity contribution in [3.05, 3.63) is 23.8 Å². The third-order valence-electron chi connectivity index (χ3n) is 4.26. The lowest BCUT2D eigenvalue weighted by Crippen LogP contribution is -2.39. The third kappa shape index (κ3) is 3.35. The van der Waals surface area contributed by atoms with Crippen LogP contribution in [-0.2, 0) is 4.79 Å². The molecule has 22 heavy (non-hydrogen) atoms. The largest absolute Gasteiger partial charge is 0.486 e. The Hall–Kier alpha value is -1.75. The smallest absolute Gasteiger partial charge is 0.223 e. The van der Waals surface area contributed by atoms with Crippen LogP contribution in [0.25, 0.3) is 0 Å². The van der Waals surface area contributed by atoms with Crippen molar-refractivity contribution >= 4 is 5.91 Å². The molecule has 120 valence electrons. The summed E-state index contributed by atoms with van der Waals surface area (Å²) >= 11 is 0.